The summed E-state index contributed by atoms with van der Waals surface area (Å²) in [5.41, 5.74) is 6.40. The Morgan fingerprint density at radius 1 is 1.53 bits per heavy atom. The standard InChI is InChI=1S/C10H15N3O3S/c1-7(6-17(2)16)12-9-3-8(11)4-10(5-9)13(14)15/h3-5,7,12H,6,11H2,1-2H3. The highest BCUT2D eigenvalue weighted by Gasteiger charge is 2.10. The van der Waals surface area contributed by atoms with Crippen molar-refractivity contribution in [1.29, 1.82) is 0 Å². The lowest BCUT2D eigenvalue weighted by Crippen LogP contribution is -2.22. The number of benzene rings is 1. The third-order valence-electron chi connectivity index (χ3n) is 2.05. The minimum absolute atomic E-state index is 0.0396. The lowest BCUT2D eigenvalue weighted by atomic mass is 10.2. The van der Waals surface area contributed by atoms with E-state index in [9.17, 15) is 14.3 Å². The Morgan fingerprint density at radius 3 is 2.71 bits per heavy atom. The molecule has 1 aromatic rings. The first-order chi connectivity index (χ1) is 7.88. The van der Waals surface area contributed by atoms with Gasteiger partial charge >= 0.3 is 0 Å². The molecule has 0 fully saturated rings. The van der Waals surface area contributed by atoms with Crippen molar-refractivity contribution in [3.8, 4) is 0 Å². The molecule has 7 heteroatoms. The van der Waals surface area contributed by atoms with Crippen molar-refractivity contribution >= 4 is 27.9 Å². The van der Waals surface area contributed by atoms with E-state index in [2.05, 4.69) is 5.32 Å². The zero-order chi connectivity index (χ0) is 13.0. The summed E-state index contributed by atoms with van der Waals surface area (Å²) in [6, 6.07) is 4.28. The Kier molecular flexibility index (Phi) is 4.45. The van der Waals surface area contributed by atoms with Crippen LogP contribution in [0.3, 0.4) is 0 Å². The van der Waals surface area contributed by atoms with E-state index in [-0.39, 0.29) is 11.7 Å². The number of nitrogens with two attached hydrogens (primary N) is 1. The van der Waals surface area contributed by atoms with Crippen molar-refractivity contribution in [2.24, 2.45) is 0 Å². The fraction of sp³-hybridized carbons (Fsp3) is 0.400. The van der Waals surface area contributed by atoms with E-state index < -0.39 is 15.7 Å². The van der Waals surface area contributed by atoms with Gasteiger partial charge in [0.15, 0.2) is 0 Å². The van der Waals surface area contributed by atoms with Crippen LogP contribution >= 0.6 is 0 Å². The number of nitro groups is 1. The number of anilines is 2. The van der Waals surface area contributed by atoms with E-state index >= 15 is 0 Å². The molecule has 0 amide bonds. The molecule has 6 nitrogen and oxygen atoms in total. The summed E-state index contributed by atoms with van der Waals surface area (Å²) in [6.07, 6.45) is 1.61. The maximum absolute atomic E-state index is 11.0. The Hall–Kier alpha value is -1.63. The first-order valence-electron chi connectivity index (χ1n) is 5.00. The monoisotopic (exact) mass is 257 g/mol. The second-order valence-corrected chi connectivity index (χ2v) is 5.34. The fourth-order valence-electron chi connectivity index (χ4n) is 1.50. The second-order valence-electron chi connectivity index (χ2n) is 3.86. The number of hydrogen-bond donors (Lipinski definition) is 2. The van der Waals surface area contributed by atoms with Gasteiger partial charge in [-0.1, -0.05) is 0 Å². The van der Waals surface area contributed by atoms with Gasteiger partial charge in [0.25, 0.3) is 5.69 Å². The van der Waals surface area contributed by atoms with Crippen LogP contribution in [0.25, 0.3) is 0 Å². The van der Waals surface area contributed by atoms with Crippen molar-refractivity contribution < 1.29 is 9.13 Å². The SMILES string of the molecule is CC(CS(C)=O)Nc1cc(N)cc([N+](=O)[O-])c1. The van der Waals surface area contributed by atoms with E-state index in [1.165, 1.54) is 12.1 Å². The van der Waals surface area contributed by atoms with Crippen molar-refractivity contribution in [3.05, 3.63) is 28.3 Å². The molecule has 0 aromatic heterocycles. The normalized spacial score (nSPS) is 14.0. The Morgan fingerprint density at radius 2 is 2.18 bits per heavy atom. The molecule has 0 heterocycles. The Bertz CT molecular complexity index is 450. The van der Waals surface area contributed by atoms with Crippen molar-refractivity contribution in [1.82, 2.24) is 0 Å². The maximum atomic E-state index is 11.0. The third kappa shape index (κ3) is 4.39. The Labute approximate surface area is 102 Å². The van der Waals surface area contributed by atoms with Crippen molar-refractivity contribution in [3.63, 3.8) is 0 Å². The average molecular weight is 257 g/mol. The lowest BCUT2D eigenvalue weighted by molar-refractivity contribution is -0.384. The molecule has 0 radical (unpaired) electrons. The highest BCUT2D eigenvalue weighted by molar-refractivity contribution is 7.84. The summed E-state index contributed by atoms with van der Waals surface area (Å²) in [5.74, 6) is 0.475. The van der Waals surface area contributed by atoms with Gasteiger partial charge in [0.05, 0.1) is 4.92 Å². The van der Waals surface area contributed by atoms with Gasteiger partial charge in [0.1, 0.15) is 0 Å². The van der Waals surface area contributed by atoms with E-state index in [0.717, 1.165) is 0 Å². The molecule has 0 saturated heterocycles. The summed E-state index contributed by atoms with van der Waals surface area (Å²) in [6.45, 7) is 1.86. The molecule has 0 aliphatic heterocycles. The van der Waals surface area contributed by atoms with Crippen LogP contribution < -0.4 is 11.1 Å². The number of nitrogens with zero attached hydrogens (tertiary/aromatic N) is 1. The van der Waals surface area contributed by atoms with E-state index in [1.807, 2.05) is 6.92 Å². The molecule has 17 heavy (non-hydrogen) atoms. The predicted molar refractivity (Wildman–Crippen MR) is 69.5 cm³/mol. The average Bonchev–Trinajstić information content (AvgIpc) is 2.14. The molecule has 0 aliphatic carbocycles. The minimum atomic E-state index is -0.916. The smallest absolute Gasteiger partial charge is 0.273 e. The van der Waals surface area contributed by atoms with E-state index in [0.29, 0.717) is 17.1 Å². The highest BCUT2D eigenvalue weighted by Crippen LogP contribution is 2.22. The zero-order valence-electron chi connectivity index (χ0n) is 9.67. The molecular formula is C10H15N3O3S. The molecule has 2 unspecified atom stereocenters. The van der Waals surface area contributed by atoms with Crippen LogP contribution in [0.1, 0.15) is 6.92 Å². The van der Waals surface area contributed by atoms with Crippen LogP contribution in [-0.2, 0) is 10.8 Å². The van der Waals surface area contributed by atoms with Crippen LogP contribution in [0.4, 0.5) is 17.1 Å². The van der Waals surface area contributed by atoms with Crippen LogP contribution in [0.5, 0.6) is 0 Å². The van der Waals surface area contributed by atoms with Gasteiger partial charge in [0, 0.05) is 52.4 Å². The Balaban J connectivity index is 2.84. The van der Waals surface area contributed by atoms with Crippen LogP contribution in [0.15, 0.2) is 18.2 Å². The minimum Gasteiger partial charge on any atom is -0.398 e. The molecular weight excluding hydrogens is 242 g/mol. The molecule has 2 atom stereocenters. The predicted octanol–water partition coefficient (Wildman–Crippen LogP) is 1.36. The molecule has 0 spiro atoms. The number of nitrogens with one attached hydrogen (secondary N) is 1. The van der Waals surface area contributed by atoms with Gasteiger partial charge in [-0.2, -0.15) is 0 Å². The maximum Gasteiger partial charge on any atom is 0.273 e. The lowest BCUT2D eigenvalue weighted by Gasteiger charge is -2.14. The topological polar surface area (TPSA) is 98.3 Å². The number of nitro benzene ring substituents is 1. The van der Waals surface area contributed by atoms with Crippen molar-refractivity contribution in [2.45, 2.75) is 13.0 Å². The van der Waals surface area contributed by atoms with Crippen LogP contribution in [-0.4, -0.2) is 27.2 Å². The first-order valence-corrected chi connectivity index (χ1v) is 6.72. The number of nitrogen functional groups attached to an aromatic ring is 1. The van der Waals surface area contributed by atoms with Gasteiger partial charge in [-0.05, 0) is 13.0 Å². The second kappa shape index (κ2) is 5.62. The highest BCUT2D eigenvalue weighted by atomic mass is 32.2. The van der Waals surface area contributed by atoms with Crippen LogP contribution in [0.2, 0.25) is 0 Å². The number of hydrogen-bond acceptors (Lipinski definition) is 5. The summed E-state index contributed by atoms with van der Waals surface area (Å²) >= 11 is 0. The molecule has 0 aliphatic rings. The molecule has 94 valence electrons. The van der Waals surface area contributed by atoms with Gasteiger partial charge in [0.2, 0.25) is 0 Å². The van der Waals surface area contributed by atoms with Gasteiger partial charge < -0.3 is 11.1 Å². The van der Waals surface area contributed by atoms with Crippen molar-refractivity contribution in [2.75, 3.05) is 23.1 Å². The summed E-state index contributed by atoms with van der Waals surface area (Å²) in [4.78, 5) is 10.1. The fourth-order valence-corrected chi connectivity index (χ4v) is 2.29. The first kappa shape index (κ1) is 13.4. The zero-order valence-corrected chi connectivity index (χ0v) is 10.5. The molecule has 1 aromatic carbocycles. The number of rotatable bonds is 5. The van der Waals surface area contributed by atoms with Gasteiger partial charge in [-0.25, -0.2) is 0 Å². The largest absolute Gasteiger partial charge is 0.398 e. The van der Waals surface area contributed by atoms with Crippen LogP contribution in [0, 0.1) is 10.1 Å². The number of non-ortho nitro benzene ring substituents is 1. The van der Waals surface area contributed by atoms with Gasteiger partial charge in [-0.3, -0.25) is 14.3 Å². The van der Waals surface area contributed by atoms with E-state index in [1.54, 1.807) is 12.3 Å². The molecule has 1 rings (SSSR count). The molecule has 0 saturated carbocycles. The summed E-state index contributed by atoms with van der Waals surface area (Å²) in [5, 5.41) is 13.7. The summed E-state index contributed by atoms with van der Waals surface area (Å²) < 4.78 is 11.0. The molecule has 0 bridgehead atoms. The molecule has 3 N–H and O–H groups in total. The third-order valence-corrected chi connectivity index (χ3v) is 3.02. The van der Waals surface area contributed by atoms with Gasteiger partial charge in [-0.15, -0.1) is 0 Å². The summed E-state index contributed by atoms with van der Waals surface area (Å²) in [7, 11) is -0.916. The quantitative estimate of drug-likeness (QED) is 0.471. The van der Waals surface area contributed by atoms with E-state index in [4.69, 9.17) is 5.73 Å².